The maximum Gasteiger partial charge on any atom is 0.435 e. The largest absolute Gasteiger partial charge is 0.435 e. The lowest BCUT2D eigenvalue weighted by Crippen LogP contribution is -2.50. The van der Waals surface area contributed by atoms with Gasteiger partial charge in [-0.1, -0.05) is 61.8 Å². The van der Waals surface area contributed by atoms with Gasteiger partial charge in [-0.25, -0.2) is 8.78 Å². The molecule has 0 saturated carbocycles. The number of alkyl halides is 7. The monoisotopic (exact) mass is 592 g/mol. The van der Waals surface area contributed by atoms with Crippen LogP contribution in [0.5, 0.6) is 0 Å². The molecule has 1 amide bonds. The van der Waals surface area contributed by atoms with Gasteiger partial charge in [-0.2, -0.15) is 26.3 Å². The van der Waals surface area contributed by atoms with Crippen molar-refractivity contribution in [2.24, 2.45) is 0 Å². The Hall–Kier alpha value is -3.34. The van der Waals surface area contributed by atoms with Crippen LogP contribution in [-0.2, 0) is 18.6 Å². The number of halogens is 9. The summed E-state index contributed by atoms with van der Waals surface area (Å²) in [5.41, 5.74) is 0.672. The van der Waals surface area contributed by atoms with Crippen LogP contribution in [0.1, 0.15) is 52.4 Å². The van der Waals surface area contributed by atoms with Crippen LogP contribution >= 0.6 is 11.6 Å². The van der Waals surface area contributed by atoms with Crippen molar-refractivity contribution < 1.29 is 39.9 Å². The van der Waals surface area contributed by atoms with Gasteiger partial charge in [0.1, 0.15) is 5.82 Å². The second-order valence-electron chi connectivity index (χ2n) is 9.57. The lowest BCUT2D eigenvalue weighted by Gasteiger charge is -2.30. The maximum absolute atomic E-state index is 14.4. The number of amides is 1. The molecule has 3 aromatic rings. The highest BCUT2D eigenvalue weighted by atomic mass is 35.5. The van der Waals surface area contributed by atoms with Crippen LogP contribution < -0.4 is 5.73 Å². The highest BCUT2D eigenvalue weighted by molar-refractivity contribution is 6.31. The predicted octanol–water partition coefficient (Wildman–Crippen LogP) is 8.36. The molecule has 3 nitrogen and oxygen atoms in total. The Morgan fingerprint density at radius 3 is 1.90 bits per heavy atom. The normalized spacial score (nSPS) is 12.6. The molecule has 12 heteroatoms. The summed E-state index contributed by atoms with van der Waals surface area (Å²) in [7, 11) is 0. The van der Waals surface area contributed by atoms with Gasteiger partial charge in [0, 0.05) is 34.9 Å². The molecule has 216 valence electrons. The van der Waals surface area contributed by atoms with Gasteiger partial charge in [-0.05, 0) is 53.3 Å². The lowest BCUT2D eigenvalue weighted by molar-refractivity contribution is -0.348. The van der Waals surface area contributed by atoms with Crippen LogP contribution in [0, 0.1) is 5.82 Å². The molecule has 0 radical (unpaired) electrons. The zero-order chi connectivity index (χ0) is 30.0. The Morgan fingerprint density at radius 2 is 1.40 bits per heavy atom. The van der Waals surface area contributed by atoms with E-state index in [2.05, 4.69) is 0 Å². The summed E-state index contributed by atoms with van der Waals surface area (Å²) in [6.45, 7) is 3.40. The Morgan fingerprint density at radius 1 is 0.875 bits per heavy atom. The van der Waals surface area contributed by atoms with Crippen LogP contribution in [0.4, 0.5) is 40.8 Å². The second kappa shape index (κ2) is 11.6. The standard InChI is InChI=1S/C28H25ClF8N2O/c1-16(2)24-22(13-20(29)14-23(24)38)25(40)39(12-11-17-5-9-21(30)10-6-17)15-18-3-7-19(8-4-18)26(31,27(32,33)34)28(35,36)37/h3-10,13-14,16H,11-12,15,38H2,1-2H3. The Bertz CT molecular complexity index is 1320. The summed E-state index contributed by atoms with van der Waals surface area (Å²) in [5.74, 6) is -1.21. The first-order chi connectivity index (χ1) is 18.5. The predicted molar refractivity (Wildman–Crippen MR) is 136 cm³/mol. The van der Waals surface area contributed by atoms with Crippen molar-refractivity contribution in [2.45, 2.75) is 50.8 Å². The van der Waals surface area contributed by atoms with Crippen molar-refractivity contribution in [2.75, 3.05) is 12.3 Å². The summed E-state index contributed by atoms with van der Waals surface area (Å²) < 4.78 is 107. The van der Waals surface area contributed by atoms with E-state index in [4.69, 9.17) is 17.3 Å². The van der Waals surface area contributed by atoms with E-state index in [0.29, 0.717) is 23.3 Å². The van der Waals surface area contributed by atoms with E-state index in [1.54, 1.807) is 0 Å². The summed E-state index contributed by atoms with van der Waals surface area (Å²) in [5, 5.41) is 0.187. The number of carbonyl (C=O) groups is 1. The topological polar surface area (TPSA) is 46.3 Å². The molecule has 0 aliphatic rings. The number of benzene rings is 3. The molecule has 0 spiro atoms. The molecule has 0 unspecified atom stereocenters. The number of hydrogen-bond acceptors (Lipinski definition) is 2. The average Bonchev–Trinajstić information content (AvgIpc) is 2.84. The van der Waals surface area contributed by atoms with E-state index >= 15 is 0 Å². The minimum absolute atomic E-state index is 0.0360. The van der Waals surface area contributed by atoms with Crippen molar-refractivity contribution in [3.05, 3.63) is 99.3 Å². The number of rotatable bonds is 8. The van der Waals surface area contributed by atoms with Gasteiger partial charge in [0.05, 0.1) is 0 Å². The summed E-state index contributed by atoms with van der Waals surface area (Å²) in [4.78, 5) is 15.0. The van der Waals surface area contributed by atoms with Crippen LogP contribution in [0.25, 0.3) is 0 Å². The minimum atomic E-state index is -6.25. The van der Waals surface area contributed by atoms with Gasteiger partial charge in [0.25, 0.3) is 5.91 Å². The number of carbonyl (C=O) groups excluding carboxylic acids is 1. The SMILES string of the molecule is CC(C)c1c(N)cc(Cl)cc1C(=O)N(CCc1ccc(F)cc1)Cc1ccc(C(F)(C(F)(F)F)C(F)(F)F)cc1. The van der Waals surface area contributed by atoms with Gasteiger partial charge in [-0.3, -0.25) is 4.79 Å². The Balaban J connectivity index is 1.99. The van der Waals surface area contributed by atoms with Crippen LogP contribution in [0.2, 0.25) is 5.02 Å². The molecular formula is C28H25ClF8N2O. The molecule has 3 rings (SSSR count). The fourth-order valence-electron chi connectivity index (χ4n) is 4.35. The summed E-state index contributed by atoms with van der Waals surface area (Å²) >= 11 is 6.15. The van der Waals surface area contributed by atoms with Crippen molar-refractivity contribution in [1.82, 2.24) is 4.90 Å². The Kier molecular flexibility index (Phi) is 9.08. The van der Waals surface area contributed by atoms with E-state index in [-0.39, 0.29) is 47.3 Å². The minimum Gasteiger partial charge on any atom is -0.398 e. The zero-order valence-corrected chi connectivity index (χ0v) is 22.1. The first-order valence-corrected chi connectivity index (χ1v) is 12.4. The van der Waals surface area contributed by atoms with E-state index in [9.17, 15) is 39.9 Å². The average molecular weight is 593 g/mol. The number of anilines is 1. The van der Waals surface area contributed by atoms with Crippen LogP contribution in [-0.4, -0.2) is 29.7 Å². The molecule has 0 aromatic heterocycles. The molecule has 0 aliphatic heterocycles. The van der Waals surface area contributed by atoms with Gasteiger partial charge < -0.3 is 10.6 Å². The molecule has 0 heterocycles. The molecule has 3 aromatic carbocycles. The molecule has 0 saturated heterocycles. The number of nitrogens with two attached hydrogens (primary N) is 1. The van der Waals surface area contributed by atoms with Gasteiger partial charge >= 0.3 is 18.0 Å². The molecule has 40 heavy (non-hydrogen) atoms. The third kappa shape index (κ3) is 6.51. The van der Waals surface area contributed by atoms with Crippen LogP contribution in [0.15, 0.2) is 60.7 Å². The number of nitrogen functional groups attached to an aromatic ring is 1. The van der Waals surface area contributed by atoms with Gasteiger partial charge in [0.15, 0.2) is 0 Å². The Labute approximate surface area is 230 Å². The quantitative estimate of drug-likeness (QED) is 0.211. The first-order valence-electron chi connectivity index (χ1n) is 12.0. The summed E-state index contributed by atoms with van der Waals surface area (Å²) in [6.07, 6.45) is -12.2. The molecule has 0 bridgehead atoms. The van der Waals surface area contributed by atoms with Crippen molar-refractivity contribution >= 4 is 23.2 Å². The third-order valence-corrected chi connectivity index (χ3v) is 6.58. The van der Waals surface area contributed by atoms with Crippen LogP contribution in [0.3, 0.4) is 0 Å². The highest BCUT2D eigenvalue weighted by Crippen LogP contribution is 2.53. The zero-order valence-electron chi connectivity index (χ0n) is 21.3. The maximum atomic E-state index is 14.4. The lowest BCUT2D eigenvalue weighted by atomic mass is 9.93. The van der Waals surface area contributed by atoms with Crippen molar-refractivity contribution in [3.63, 3.8) is 0 Å². The molecular weight excluding hydrogens is 568 g/mol. The number of hydrogen-bond donors (Lipinski definition) is 1. The van der Waals surface area contributed by atoms with E-state index in [0.717, 1.165) is 12.1 Å². The summed E-state index contributed by atoms with van der Waals surface area (Å²) in [6, 6.07) is 11.0. The van der Waals surface area contributed by atoms with E-state index in [1.807, 2.05) is 13.8 Å². The molecule has 0 atom stereocenters. The number of nitrogens with zero attached hydrogens (tertiary/aromatic N) is 1. The smallest absolute Gasteiger partial charge is 0.398 e. The van der Waals surface area contributed by atoms with Gasteiger partial charge in [-0.15, -0.1) is 0 Å². The first kappa shape index (κ1) is 31.2. The third-order valence-electron chi connectivity index (χ3n) is 6.36. The van der Waals surface area contributed by atoms with E-state index in [1.165, 1.54) is 41.3 Å². The second-order valence-corrected chi connectivity index (χ2v) is 10.0. The molecule has 0 aliphatic carbocycles. The fraction of sp³-hybridized carbons (Fsp3) is 0.321. The molecule has 0 fully saturated rings. The van der Waals surface area contributed by atoms with Gasteiger partial charge in [0.2, 0.25) is 0 Å². The molecule has 2 N–H and O–H groups in total. The van der Waals surface area contributed by atoms with Crippen molar-refractivity contribution in [1.29, 1.82) is 0 Å². The highest BCUT2D eigenvalue weighted by Gasteiger charge is 2.73. The fourth-order valence-corrected chi connectivity index (χ4v) is 4.57. The van der Waals surface area contributed by atoms with E-state index < -0.39 is 35.3 Å². The van der Waals surface area contributed by atoms with Crippen molar-refractivity contribution in [3.8, 4) is 0 Å².